The molecule has 0 aliphatic carbocycles. The second kappa shape index (κ2) is 6.20. The Labute approximate surface area is 109 Å². The van der Waals surface area contributed by atoms with Gasteiger partial charge in [-0.1, -0.05) is 19.1 Å². The van der Waals surface area contributed by atoms with Gasteiger partial charge in [-0.15, -0.1) is 0 Å². The summed E-state index contributed by atoms with van der Waals surface area (Å²) in [5.41, 5.74) is 5.27. The molecule has 0 fully saturated rings. The van der Waals surface area contributed by atoms with E-state index in [1.165, 1.54) is 22.4 Å². The lowest BCUT2D eigenvalue weighted by molar-refractivity contribution is 1.00. The van der Waals surface area contributed by atoms with Gasteiger partial charge in [-0.3, -0.25) is 4.98 Å². The van der Waals surface area contributed by atoms with Crippen LogP contribution in [0.3, 0.4) is 0 Å². The zero-order valence-corrected chi connectivity index (χ0v) is 11.1. The molecule has 0 spiro atoms. The molecule has 0 aliphatic heterocycles. The van der Waals surface area contributed by atoms with Gasteiger partial charge in [0.05, 0.1) is 0 Å². The summed E-state index contributed by atoms with van der Waals surface area (Å²) in [6, 6.07) is 10.7. The van der Waals surface area contributed by atoms with Crippen LogP contribution in [0.5, 0.6) is 0 Å². The number of hydrogen-bond acceptors (Lipinski definition) is 2. The van der Waals surface area contributed by atoms with Gasteiger partial charge < -0.3 is 5.32 Å². The Bertz CT molecular complexity index is 492. The average Bonchev–Trinajstić information content (AvgIpc) is 2.42. The molecule has 2 nitrogen and oxygen atoms in total. The van der Waals surface area contributed by atoms with Gasteiger partial charge in [0.25, 0.3) is 0 Å². The first kappa shape index (κ1) is 12.6. The largest absolute Gasteiger partial charge is 0.385 e. The maximum atomic E-state index is 4.12. The van der Waals surface area contributed by atoms with Crippen LogP contribution < -0.4 is 5.32 Å². The summed E-state index contributed by atoms with van der Waals surface area (Å²) in [7, 11) is 0. The van der Waals surface area contributed by atoms with Gasteiger partial charge in [0.1, 0.15) is 0 Å². The summed E-state index contributed by atoms with van der Waals surface area (Å²) < 4.78 is 0. The molecule has 1 heterocycles. The Morgan fingerprint density at radius 2 is 2.11 bits per heavy atom. The predicted octanol–water partition coefficient (Wildman–Crippen LogP) is 3.61. The second-order valence-corrected chi connectivity index (χ2v) is 4.53. The van der Waals surface area contributed by atoms with E-state index >= 15 is 0 Å². The number of benzene rings is 1. The van der Waals surface area contributed by atoms with Crippen LogP contribution in [0.4, 0.5) is 5.69 Å². The van der Waals surface area contributed by atoms with Crippen LogP contribution in [0.2, 0.25) is 0 Å². The van der Waals surface area contributed by atoms with Crippen molar-refractivity contribution in [1.29, 1.82) is 0 Å². The minimum atomic E-state index is 0.942. The monoisotopic (exact) mass is 240 g/mol. The number of anilines is 1. The number of rotatable bonds is 5. The number of nitrogens with one attached hydrogen (secondary N) is 1. The molecule has 2 heteroatoms. The Hall–Kier alpha value is -1.83. The lowest BCUT2D eigenvalue weighted by Gasteiger charge is -2.09. The van der Waals surface area contributed by atoms with E-state index in [4.69, 9.17) is 0 Å². The van der Waals surface area contributed by atoms with E-state index in [0.717, 1.165) is 19.4 Å². The van der Waals surface area contributed by atoms with Crippen molar-refractivity contribution in [3.05, 3.63) is 59.4 Å². The molecule has 2 aromatic rings. The van der Waals surface area contributed by atoms with Gasteiger partial charge in [0.15, 0.2) is 0 Å². The molecule has 1 aromatic carbocycles. The molecule has 0 unspecified atom stereocenters. The van der Waals surface area contributed by atoms with Crippen molar-refractivity contribution in [2.45, 2.75) is 26.7 Å². The standard InChI is InChI=1S/C16H20N2/c1-3-15-11-16(7-6-13(15)2)18-10-8-14-5-4-9-17-12-14/h4-7,9,11-12,18H,3,8,10H2,1-2H3. The fourth-order valence-electron chi connectivity index (χ4n) is 2.06. The summed E-state index contributed by atoms with van der Waals surface area (Å²) in [5.74, 6) is 0. The number of aromatic nitrogens is 1. The molecule has 0 saturated carbocycles. The van der Waals surface area contributed by atoms with Gasteiger partial charge in [0, 0.05) is 24.6 Å². The molecule has 1 aromatic heterocycles. The maximum absolute atomic E-state index is 4.12. The Kier molecular flexibility index (Phi) is 4.35. The van der Waals surface area contributed by atoms with Crippen molar-refractivity contribution >= 4 is 5.69 Å². The lowest BCUT2D eigenvalue weighted by Crippen LogP contribution is -2.05. The van der Waals surface area contributed by atoms with Crippen LogP contribution in [0, 0.1) is 6.92 Å². The van der Waals surface area contributed by atoms with Crippen LogP contribution in [0.1, 0.15) is 23.6 Å². The van der Waals surface area contributed by atoms with E-state index in [1.54, 1.807) is 0 Å². The van der Waals surface area contributed by atoms with Crippen LogP contribution in [0.25, 0.3) is 0 Å². The summed E-state index contributed by atoms with van der Waals surface area (Å²) in [4.78, 5) is 4.12. The zero-order chi connectivity index (χ0) is 12.8. The van der Waals surface area contributed by atoms with Crippen molar-refractivity contribution in [1.82, 2.24) is 4.98 Å². The molecule has 0 amide bonds. The number of pyridine rings is 1. The van der Waals surface area contributed by atoms with E-state index in [0.29, 0.717) is 0 Å². The molecule has 2 rings (SSSR count). The maximum Gasteiger partial charge on any atom is 0.0343 e. The SMILES string of the molecule is CCc1cc(NCCc2cccnc2)ccc1C. The molecule has 18 heavy (non-hydrogen) atoms. The van der Waals surface area contributed by atoms with Gasteiger partial charge in [0.2, 0.25) is 0 Å². The van der Waals surface area contributed by atoms with E-state index < -0.39 is 0 Å². The summed E-state index contributed by atoms with van der Waals surface area (Å²) in [6.07, 6.45) is 5.83. The van der Waals surface area contributed by atoms with E-state index in [2.05, 4.69) is 48.4 Å². The fraction of sp³-hybridized carbons (Fsp3) is 0.312. The minimum absolute atomic E-state index is 0.942. The first-order valence-corrected chi connectivity index (χ1v) is 6.52. The molecule has 1 N–H and O–H groups in total. The number of hydrogen-bond donors (Lipinski definition) is 1. The van der Waals surface area contributed by atoms with Crippen molar-refractivity contribution in [3.63, 3.8) is 0 Å². The average molecular weight is 240 g/mol. The van der Waals surface area contributed by atoms with Gasteiger partial charge in [-0.25, -0.2) is 0 Å². The molecular formula is C16H20N2. The van der Waals surface area contributed by atoms with Crippen molar-refractivity contribution in [2.24, 2.45) is 0 Å². The van der Waals surface area contributed by atoms with Gasteiger partial charge in [-0.05, 0) is 54.7 Å². The highest BCUT2D eigenvalue weighted by molar-refractivity contribution is 5.48. The highest BCUT2D eigenvalue weighted by Crippen LogP contribution is 2.15. The van der Waals surface area contributed by atoms with E-state index in [9.17, 15) is 0 Å². The quantitative estimate of drug-likeness (QED) is 0.863. The lowest BCUT2D eigenvalue weighted by atomic mass is 10.1. The molecule has 0 radical (unpaired) electrons. The fourth-order valence-corrected chi connectivity index (χ4v) is 2.06. The second-order valence-electron chi connectivity index (χ2n) is 4.53. The number of aryl methyl sites for hydroxylation is 2. The topological polar surface area (TPSA) is 24.9 Å². The Morgan fingerprint density at radius 3 is 2.83 bits per heavy atom. The van der Waals surface area contributed by atoms with Crippen LogP contribution in [-0.4, -0.2) is 11.5 Å². The minimum Gasteiger partial charge on any atom is -0.385 e. The third-order valence-corrected chi connectivity index (χ3v) is 3.20. The highest BCUT2D eigenvalue weighted by Gasteiger charge is 1.98. The molecule has 0 aliphatic rings. The predicted molar refractivity (Wildman–Crippen MR) is 77.0 cm³/mol. The van der Waals surface area contributed by atoms with Crippen molar-refractivity contribution < 1.29 is 0 Å². The summed E-state index contributed by atoms with van der Waals surface area (Å²) in [5, 5.41) is 3.47. The summed E-state index contributed by atoms with van der Waals surface area (Å²) in [6.45, 7) is 5.30. The highest BCUT2D eigenvalue weighted by atomic mass is 14.9. The number of nitrogens with zero attached hydrogens (tertiary/aromatic N) is 1. The van der Waals surface area contributed by atoms with Crippen LogP contribution >= 0.6 is 0 Å². The first-order valence-electron chi connectivity index (χ1n) is 6.52. The normalized spacial score (nSPS) is 10.3. The Balaban J connectivity index is 1.91. The van der Waals surface area contributed by atoms with Gasteiger partial charge in [-0.2, -0.15) is 0 Å². The zero-order valence-electron chi connectivity index (χ0n) is 11.1. The van der Waals surface area contributed by atoms with Crippen LogP contribution in [-0.2, 0) is 12.8 Å². The van der Waals surface area contributed by atoms with Gasteiger partial charge >= 0.3 is 0 Å². The first-order chi connectivity index (χ1) is 8.79. The van der Waals surface area contributed by atoms with Crippen LogP contribution in [0.15, 0.2) is 42.7 Å². The molecular weight excluding hydrogens is 220 g/mol. The molecule has 0 saturated heterocycles. The van der Waals surface area contributed by atoms with E-state index in [1.807, 2.05) is 18.5 Å². The molecule has 0 atom stereocenters. The Morgan fingerprint density at radius 1 is 1.22 bits per heavy atom. The van der Waals surface area contributed by atoms with Crippen molar-refractivity contribution in [3.8, 4) is 0 Å². The van der Waals surface area contributed by atoms with E-state index in [-0.39, 0.29) is 0 Å². The smallest absolute Gasteiger partial charge is 0.0343 e. The molecule has 0 bridgehead atoms. The summed E-state index contributed by atoms with van der Waals surface area (Å²) >= 11 is 0. The third kappa shape index (κ3) is 3.33. The third-order valence-electron chi connectivity index (χ3n) is 3.20. The molecule has 94 valence electrons. The van der Waals surface area contributed by atoms with Crippen molar-refractivity contribution in [2.75, 3.05) is 11.9 Å².